The quantitative estimate of drug-likeness (QED) is 0.904. The minimum atomic E-state index is -0.251. The van der Waals surface area contributed by atoms with E-state index in [1.165, 1.54) is 0 Å². The Morgan fingerprint density at radius 1 is 1.32 bits per heavy atom. The molecule has 2 atom stereocenters. The normalized spacial score (nSPS) is 13.1. The summed E-state index contributed by atoms with van der Waals surface area (Å²) in [6, 6.07) is 5.47. The predicted octanol–water partition coefficient (Wildman–Crippen LogP) is 3.30. The van der Waals surface area contributed by atoms with Crippen molar-refractivity contribution in [2.24, 2.45) is 11.7 Å². The van der Waals surface area contributed by atoms with Gasteiger partial charge in [-0.15, -0.1) is 12.4 Å². The molecule has 0 aliphatic rings. The summed E-state index contributed by atoms with van der Waals surface area (Å²) < 4.78 is 5.43. The van der Waals surface area contributed by atoms with Crippen molar-refractivity contribution >= 4 is 24.0 Å². The number of amides is 1. The summed E-state index contributed by atoms with van der Waals surface area (Å²) in [5.41, 5.74) is 9.19. The zero-order valence-electron chi connectivity index (χ0n) is 13.2. The summed E-state index contributed by atoms with van der Waals surface area (Å²) in [6.45, 7) is 7.48. The summed E-state index contributed by atoms with van der Waals surface area (Å²) in [7, 11) is 0. The maximum absolute atomic E-state index is 12.1. The molecule has 1 amide bonds. The third-order valence-corrected chi connectivity index (χ3v) is 3.56. The average molecular weight is 324 g/mol. The van der Waals surface area contributed by atoms with Crippen LogP contribution in [0.2, 0.25) is 0 Å². The lowest BCUT2D eigenvalue weighted by atomic mass is 10.0. The number of rotatable bonds is 4. The molecule has 0 fully saturated rings. The van der Waals surface area contributed by atoms with Crippen LogP contribution in [0.5, 0.6) is 0 Å². The van der Waals surface area contributed by atoms with E-state index in [4.69, 9.17) is 10.2 Å². The van der Waals surface area contributed by atoms with E-state index in [0.717, 1.165) is 16.8 Å². The van der Waals surface area contributed by atoms with Crippen LogP contribution in [-0.2, 0) is 4.79 Å². The van der Waals surface area contributed by atoms with Crippen LogP contribution in [0.1, 0.15) is 25.1 Å². The van der Waals surface area contributed by atoms with E-state index < -0.39 is 0 Å². The number of oxazole rings is 1. The average Bonchev–Trinajstić information content (AvgIpc) is 2.86. The largest absolute Gasteiger partial charge is 0.444 e. The minimum absolute atomic E-state index is 0. The molecule has 1 heterocycles. The molecule has 2 rings (SSSR count). The molecule has 0 bridgehead atoms. The van der Waals surface area contributed by atoms with E-state index in [1.807, 2.05) is 45.9 Å². The van der Waals surface area contributed by atoms with Gasteiger partial charge in [-0.05, 0) is 38.5 Å². The van der Waals surface area contributed by atoms with Crippen molar-refractivity contribution in [3.8, 4) is 11.5 Å². The van der Waals surface area contributed by atoms with E-state index in [0.29, 0.717) is 11.6 Å². The molecular weight excluding hydrogens is 302 g/mol. The summed E-state index contributed by atoms with van der Waals surface area (Å²) in [5, 5.41) is 2.88. The number of carbonyl (C=O) groups is 1. The molecule has 1 aromatic carbocycles. The number of carbonyl (C=O) groups excluding carboxylic acids is 1. The lowest BCUT2D eigenvalue weighted by molar-refractivity contribution is -0.119. The topological polar surface area (TPSA) is 81.2 Å². The highest BCUT2D eigenvalue weighted by Crippen LogP contribution is 2.26. The Morgan fingerprint density at radius 3 is 2.55 bits per heavy atom. The Balaban J connectivity index is 0.00000242. The number of aryl methyl sites for hydroxylation is 2. The van der Waals surface area contributed by atoms with Crippen molar-refractivity contribution in [2.45, 2.75) is 33.7 Å². The summed E-state index contributed by atoms with van der Waals surface area (Å²) >= 11 is 0. The number of nitrogens with one attached hydrogen (secondary N) is 1. The van der Waals surface area contributed by atoms with Crippen molar-refractivity contribution in [1.29, 1.82) is 0 Å². The predicted molar refractivity (Wildman–Crippen MR) is 90.1 cm³/mol. The lowest BCUT2D eigenvalue weighted by Gasteiger charge is -2.16. The molecule has 120 valence electrons. The highest BCUT2D eigenvalue weighted by Gasteiger charge is 2.17. The van der Waals surface area contributed by atoms with E-state index in [9.17, 15) is 4.79 Å². The first-order valence-corrected chi connectivity index (χ1v) is 6.98. The van der Waals surface area contributed by atoms with E-state index in [-0.39, 0.29) is 30.3 Å². The van der Waals surface area contributed by atoms with Gasteiger partial charge >= 0.3 is 0 Å². The van der Waals surface area contributed by atoms with Gasteiger partial charge in [-0.3, -0.25) is 4.79 Å². The molecule has 6 heteroatoms. The van der Waals surface area contributed by atoms with Crippen LogP contribution in [-0.4, -0.2) is 16.9 Å². The molecule has 0 aliphatic carbocycles. The van der Waals surface area contributed by atoms with Crippen molar-refractivity contribution in [1.82, 2.24) is 4.98 Å². The first-order chi connectivity index (χ1) is 9.88. The fraction of sp³-hybridized carbons (Fsp3) is 0.375. The molecule has 0 saturated heterocycles. The van der Waals surface area contributed by atoms with Gasteiger partial charge in [-0.1, -0.05) is 13.0 Å². The van der Waals surface area contributed by atoms with Crippen LogP contribution in [0, 0.1) is 19.8 Å². The Hall–Kier alpha value is -1.85. The van der Waals surface area contributed by atoms with Crippen LogP contribution >= 0.6 is 12.4 Å². The zero-order valence-corrected chi connectivity index (χ0v) is 14.0. The number of halogens is 1. The maximum Gasteiger partial charge on any atom is 0.228 e. The van der Waals surface area contributed by atoms with Crippen molar-refractivity contribution in [2.75, 3.05) is 5.32 Å². The second-order valence-corrected chi connectivity index (χ2v) is 5.46. The van der Waals surface area contributed by atoms with Crippen LogP contribution in [0.25, 0.3) is 11.5 Å². The Kier molecular flexibility index (Phi) is 6.14. The van der Waals surface area contributed by atoms with Gasteiger partial charge in [-0.25, -0.2) is 4.98 Å². The minimum Gasteiger partial charge on any atom is -0.444 e. The molecular formula is C16H22ClN3O2. The Labute approximate surface area is 136 Å². The van der Waals surface area contributed by atoms with Gasteiger partial charge in [0.05, 0.1) is 11.6 Å². The number of hydrogen-bond acceptors (Lipinski definition) is 4. The van der Waals surface area contributed by atoms with Crippen molar-refractivity contribution in [3.05, 3.63) is 35.7 Å². The molecule has 0 saturated carbocycles. The number of nitrogens with two attached hydrogens (primary N) is 1. The van der Waals surface area contributed by atoms with E-state index >= 15 is 0 Å². The second kappa shape index (κ2) is 7.42. The number of aromatic nitrogens is 1. The number of anilines is 1. The van der Waals surface area contributed by atoms with E-state index in [1.54, 1.807) is 6.26 Å². The maximum atomic E-state index is 12.1. The fourth-order valence-corrected chi connectivity index (χ4v) is 1.90. The fourth-order valence-electron chi connectivity index (χ4n) is 1.90. The number of nitrogens with zero attached hydrogens (tertiary/aromatic N) is 1. The van der Waals surface area contributed by atoms with Gasteiger partial charge in [0.1, 0.15) is 6.26 Å². The van der Waals surface area contributed by atoms with Crippen LogP contribution in [0.3, 0.4) is 0 Å². The zero-order chi connectivity index (χ0) is 15.6. The van der Waals surface area contributed by atoms with Crippen molar-refractivity contribution in [3.63, 3.8) is 0 Å². The van der Waals surface area contributed by atoms with Crippen LogP contribution in [0.15, 0.2) is 28.9 Å². The molecule has 0 spiro atoms. The highest BCUT2D eigenvalue weighted by molar-refractivity contribution is 5.93. The van der Waals surface area contributed by atoms with Gasteiger partial charge < -0.3 is 15.5 Å². The Bertz CT molecular complexity index is 653. The first-order valence-electron chi connectivity index (χ1n) is 6.98. The molecule has 0 radical (unpaired) electrons. The van der Waals surface area contributed by atoms with Gasteiger partial charge in [0.2, 0.25) is 11.8 Å². The molecule has 0 aliphatic heterocycles. The van der Waals surface area contributed by atoms with Gasteiger partial charge in [0.15, 0.2) is 0 Å². The standard InChI is InChI=1S/C16H21N3O2.ClH/c1-9-5-6-13(19-15(20)11(3)12(4)17)7-14(9)16-18-10(2)8-21-16;/h5-8,11-12H,17H2,1-4H3,(H,19,20);1H. The third-order valence-electron chi connectivity index (χ3n) is 3.56. The smallest absolute Gasteiger partial charge is 0.228 e. The highest BCUT2D eigenvalue weighted by atomic mass is 35.5. The molecule has 5 nitrogen and oxygen atoms in total. The lowest BCUT2D eigenvalue weighted by Crippen LogP contribution is -2.34. The van der Waals surface area contributed by atoms with Gasteiger partial charge in [-0.2, -0.15) is 0 Å². The molecule has 1 aromatic heterocycles. The number of hydrogen-bond donors (Lipinski definition) is 2. The summed E-state index contributed by atoms with van der Waals surface area (Å²) in [5.74, 6) is 0.212. The Morgan fingerprint density at radius 2 is 2.00 bits per heavy atom. The SMILES string of the molecule is Cc1coc(-c2cc(NC(=O)C(C)C(C)N)ccc2C)n1.Cl. The van der Waals surface area contributed by atoms with Crippen LogP contribution in [0.4, 0.5) is 5.69 Å². The summed E-state index contributed by atoms with van der Waals surface area (Å²) in [4.78, 5) is 16.4. The van der Waals surface area contributed by atoms with Crippen LogP contribution < -0.4 is 11.1 Å². The molecule has 2 unspecified atom stereocenters. The summed E-state index contributed by atoms with van der Waals surface area (Å²) in [6.07, 6.45) is 1.61. The van der Waals surface area contributed by atoms with Crippen molar-refractivity contribution < 1.29 is 9.21 Å². The third kappa shape index (κ3) is 4.08. The van der Waals surface area contributed by atoms with Gasteiger partial charge in [0.25, 0.3) is 0 Å². The monoisotopic (exact) mass is 323 g/mol. The molecule has 22 heavy (non-hydrogen) atoms. The molecule has 3 N–H and O–H groups in total. The number of benzene rings is 1. The van der Waals surface area contributed by atoms with Gasteiger partial charge in [0, 0.05) is 17.3 Å². The molecule has 2 aromatic rings. The van der Waals surface area contributed by atoms with E-state index in [2.05, 4.69) is 10.3 Å². The second-order valence-electron chi connectivity index (χ2n) is 5.46. The first kappa shape index (κ1) is 18.2.